The van der Waals surface area contributed by atoms with Gasteiger partial charge in [-0.2, -0.15) is 0 Å². The summed E-state index contributed by atoms with van der Waals surface area (Å²) in [5, 5.41) is 0. The van der Waals surface area contributed by atoms with Crippen LogP contribution in [-0.4, -0.2) is 19.0 Å². The van der Waals surface area contributed by atoms with Gasteiger partial charge in [-0.25, -0.2) is 0 Å². The molecule has 0 aliphatic rings. The Balaban J connectivity index is 0.00000576. The summed E-state index contributed by atoms with van der Waals surface area (Å²) in [5.41, 5.74) is 1.65. The van der Waals surface area contributed by atoms with Crippen LogP contribution in [-0.2, 0) is 6.42 Å². The van der Waals surface area contributed by atoms with E-state index in [0.717, 1.165) is 43.4 Å². The molecule has 0 N–H and O–H groups in total. The monoisotopic (exact) mass is 330 g/mol. The fourth-order valence-electron chi connectivity index (χ4n) is 2.25. The molecule has 0 aromatic heterocycles. The highest BCUT2D eigenvalue weighted by Crippen LogP contribution is 2.35. The lowest BCUT2D eigenvalue weighted by Gasteiger charge is -2.17. The van der Waals surface area contributed by atoms with Gasteiger partial charge in [0.2, 0.25) is 0 Å². The van der Waals surface area contributed by atoms with Gasteiger partial charge in [0.15, 0.2) is 17.3 Å². The number of aryl methyl sites for hydroxylation is 1. The number of hydrogen-bond donors (Lipinski definition) is 0. The van der Waals surface area contributed by atoms with Crippen molar-refractivity contribution in [3.05, 3.63) is 61.2 Å². The normalized spacial score (nSPS) is 10.0. The molecule has 0 spiro atoms. The van der Waals surface area contributed by atoms with Crippen molar-refractivity contribution < 1.29 is 15.7 Å². The first-order valence-electron chi connectivity index (χ1n) is 8.40. The predicted octanol–water partition coefficient (Wildman–Crippen LogP) is 5.55. The van der Waals surface area contributed by atoms with Gasteiger partial charge in [0, 0.05) is 6.99 Å². The lowest BCUT2D eigenvalue weighted by molar-refractivity contribution is 0.101. The van der Waals surface area contributed by atoms with Crippen molar-refractivity contribution in [1.82, 2.24) is 0 Å². The lowest BCUT2D eigenvalue weighted by atomic mass is 10.0. The summed E-state index contributed by atoms with van der Waals surface area (Å²) in [6, 6.07) is 3.68. The Hall–Kier alpha value is -2.29. The van der Waals surface area contributed by atoms with E-state index in [1.807, 2.05) is 18.2 Å². The molecule has 0 unspecified atom stereocenters. The highest BCUT2D eigenvalue weighted by Gasteiger charge is 2.15. The number of carbonyl (C=O) groups excluding carboxylic acids is 1. The van der Waals surface area contributed by atoms with Crippen molar-refractivity contribution in [1.29, 1.82) is 0 Å². The summed E-state index contributed by atoms with van der Waals surface area (Å²) < 4.78 is 11.8. The average molecular weight is 330 g/mol. The highest BCUT2D eigenvalue weighted by molar-refractivity contribution is 5.95. The first kappa shape index (κ1) is 19.8. The standard InChI is InChI=1S/C21H28O3.H2/c1-5-8-11-12-18-15-19(17(4)22)16-20(23-13-9-6-2)21(18)24-14-10-7-3;/h5-7,15-16H,1-3,8-14H2,4H3;1H. The maximum Gasteiger partial charge on any atom is 0.164 e. The third-order valence-corrected chi connectivity index (χ3v) is 3.54. The van der Waals surface area contributed by atoms with Crippen LogP contribution in [0.2, 0.25) is 0 Å². The summed E-state index contributed by atoms with van der Waals surface area (Å²) in [5.74, 6) is 1.38. The van der Waals surface area contributed by atoms with Crippen molar-refractivity contribution in [2.24, 2.45) is 0 Å². The van der Waals surface area contributed by atoms with Gasteiger partial charge in [-0.1, -0.05) is 18.2 Å². The second-order valence-corrected chi connectivity index (χ2v) is 5.55. The summed E-state index contributed by atoms with van der Waals surface area (Å²) in [7, 11) is 0. The van der Waals surface area contributed by atoms with Crippen LogP contribution in [0.3, 0.4) is 0 Å². The smallest absolute Gasteiger partial charge is 0.164 e. The van der Waals surface area contributed by atoms with Crippen LogP contribution in [0.15, 0.2) is 50.1 Å². The Kier molecular flexibility index (Phi) is 9.28. The van der Waals surface area contributed by atoms with E-state index in [1.54, 1.807) is 19.1 Å². The average Bonchev–Trinajstić information content (AvgIpc) is 2.56. The molecule has 0 aliphatic carbocycles. The van der Waals surface area contributed by atoms with Crippen molar-refractivity contribution in [2.75, 3.05) is 13.2 Å². The number of carbonyl (C=O) groups is 1. The molecular weight excluding hydrogens is 300 g/mol. The molecule has 1 aromatic rings. The zero-order valence-electron chi connectivity index (χ0n) is 14.7. The maximum absolute atomic E-state index is 11.8. The van der Waals surface area contributed by atoms with E-state index in [2.05, 4.69) is 19.7 Å². The topological polar surface area (TPSA) is 35.5 Å². The van der Waals surface area contributed by atoms with Crippen molar-refractivity contribution >= 4 is 5.78 Å². The van der Waals surface area contributed by atoms with Crippen LogP contribution in [0.25, 0.3) is 0 Å². The third kappa shape index (κ3) is 6.45. The zero-order valence-corrected chi connectivity index (χ0v) is 14.7. The first-order valence-corrected chi connectivity index (χ1v) is 8.40. The van der Waals surface area contributed by atoms with E-state index in [0.29, 0.717) is 24.5 Å². The molecule has 24 heavy (non-hydrogen) atoms. The molecule has 0 saturated heterocycles. The molecule has 0 fully saturated rings. The second kappa shape index (κ2) is 11.3. The maximum atomic E-state index is 11.8. The number of unbranched alkanes of at least 4 members (excludes halogenated alkanes) is 1. The van der Waals surface area contributed by atoms with Crippen molar-refractivity contribution in [3.8, 4) is 11.5 Å². The molecule has 0 aliphatic heterocycles. The van der Waals surface area contributed by atoms with E-state index in [9.17, 15) is 4.79 Å². The van der Waals surface area contributed by atoms with Crippen LogP contribution in [0.5, 0.6) is 11.5 Å². The molecule has 0 amide bonds. The van der Waals surface area contributed by atoms with E-state index in [4.69, 9.17) is 9.47 Å². The number of Topliss-reactive ketones (excluding diaryl/α,β-unsaturated/α-hetero) is 1. The van der Waals surface area contributed by atoms with E-state index in [1.165, 1.54) is 0 Å². The van der Waals surface area contributed by atoms with Gasteiger partial charge in [-0.05, 0) is 56.7 Å². The van der Waals surface area contributed by atoms with Gasteiger partial charge < -0.3 is 9.47 Å². The highest BCUT2D eigenvalue weighted by atomic mass is 16.5. The number of benzene rings is 1. The molecule has 1 aromatic carbocycles. The summed E-state index contributed by atoms with van der Waals surface area (Å²) in [4.78, 5) is 11.8. The van der Waals surface area contributed by atoms with Crippen LogP contribution >= 0.6 is 0 Å². The summed E-state index contributed by atoms with van der Waals surface area (Å²) >= 11 is 0. The Morgan fingerprint density at radius 1 is 1.04 bits per heavy atom. The van der Waals surface area contributed by atoms with Gasteiger partial charge in [0.05, 0.1) is 13.2 Å². The van der Waals surface area contributed by atoms with E-state index in [-0.39, 0.29) is 7.21 Å². The summed E-state index contributed by atoms with van der Waals surface area (Å²) in [6.07, 6.45) is 9.70. The van der Waals surface area contributed by atoms with Crippen molar-refractivity contribution in [2.45, 2.75) is 39.0 Å². The molecule has 1 rings (SSSR count). The van der Waals surface area contributed by atoms with Gasteiger partial charge in [-0.15, -0.1) is 19.7 Å². The molecule has 0 heterocycles. The fraction of sp³-hybridized carbons (Fsp3) is 0.381. The van der Waals surface area contributed by atoms with Crippen LogP contribution < -0.4 is 9.47 Å². The molecule has 3 nitrogen and oxygen atoms in total. The Labute approximate surface area is 147 Å². The minimum Gasteiger partial charge on any atom is -0.489 e. The number of ether oxygens (including phenoxy) is 2. The van der Waals surface area contributed by atoms with Gasteiger partial charge in [0.1, 0.15) is 0 Å². The molecule has 0 bridgehead atoms. The molecule has 0 saturated carbocycles. The third-order valence-electron chi connectivity index (χ3n) is 3.54. The number of allylic oxidation sites excluding steroid dienone is 1. The SMILES string of the molecule is C=CCCCc1cc(C(C)=O)cc(OCCC=C)c1OCCC=C.[HH]. The molecule has 132 valence electrons. The minimum absolute atomic E-state index is 0. The minimum atomic E-state index is 0. The Morgan fingerprint density at radius 2 is 1.67 bits per heavy atom. The molecule has 3 heteroatoms. The van der Waals surface area contributed by atoms with Gasteiger partial charge >= 0.3 is 0 Å². The van der Waals surface area contributed by atoms with E-state index < -0.39 is 0 Å². The quantitative estimate of drug-likeness (QED) is 0.270. The van der Waals surface area contributed by atoms with Crippen LogP contribution in [0.1, 0.15) is 50.0 Å². The Morgan fingerprint density at radius 3 is 2.25 bits per heavy atom. The van der Waals surface area contributed by atoms with Gasteiger partial charge in [-0.3, -0.25) is 4.79 Å². The second-order valence-electron chi connectivity index (χ2n) is 5.55. The van der Waals surface area contributed by atoms with Crippen LogP contribution in [0.4, 0.5) is 0 Å². The number of ketones is 1. The first-order chi connectivity index (χ1) is 11.6. The van der Waals surface area contributed by atoms with Crippen molar-refractivity contribution in [3.63, 3.8) is 0 Å². The molecular formula is C21H30O3. The van der Waals surface area contributed by atoms with Crippen LogP contribution in [0, 0.1) is 0 Å². The lowest BCUT2D eigenvalue weighted by Crippen LogP contribution is -2.07. The van der Waals surface area contributed by atoms with Gasteiger partial charge in [0.25, 0.3) is 0 Å². The predicted molar refractivity (Wildman–Crippen MR) is 102 cm³/mol. The molecule has 0 radical (unpaired) electrons. The number of rotatable bonds is 13. The Bertz CT molecular complexity index is 543. The largest absolute Gasteiger partial charge is 0.489 e. The zero-order chi connectivity index (χ0) is 17.8. The fourth-order valence-corrected chi connectivity index (χ4v) is 2.25. The number of hydrogen-bond acceptors (Lipinski definition) is 3. The summed E-state index contributed by atoms with van der Waals surface area (Å²) in [6.45, 7) is 13.8. The molecule has 0 atom stereocenters. The van der Waals surface area contributed by atoms with E-state index >= 15 is 0 Å².